The van der Waals surface area contributed by atoms with E-state index in [4.69, 9.17) is 0 Å². The van der Waals surface area contributed by atoms with Crippen LogP contribution in [0, 0.1) is 27.2 Å². The van der Waals surface area contributed by atoms with Crippen molar-refractivity contribution >= 4 is 17.1 Å². The van der Waals surface area contributed by atoms with Crippen molar-refractivity contribution in [3.05, 3.63) is 45.4 Å². The smallest absolute Gasteiger partial charge is 0.299 e. The van der Waals surface area contributed by atoms with Gasteiger partial charge in [0.2, 0.25) is 0 Å². The van der Waals surface area contributed by atoms with Crippen LogP contribution in [-0.4, -0.2) is 16.4 Å². The second kappa shape index (κ2) is 5.06. The van der Waals surface area contributed by atoms with Gasteiger partial charge in [-0.2, -0.15) is 0 Å². The summed E-state index contributed by atoms with van der Waals surface area (Å²) in [6, 6.07) is 3.72. The van der Waals surface area contributed by atoms with Crippen molar-refractivity contribution in [3.63, 3.8) is 0 Å². The lowest BCUT2D eigenvalue weighted by molar-refractivity contribution is -0.392. The van der Waals surface area contributed by atoms with Crippen LogP contribution >= 0.6 is 0 Å². The molecule has 0 aliphatic rings. The van der Waals surface area contributed by atoms with E-state index in [9.17, 15) is 20.2 Å². The number of nitro groups is 2. The number of benzene rings is 1. The van der Waals surface area contributed by atoms with Gasteiger partial charge in [-0.25, -0.2) is 0 Å². The molecule has 0 amide bonds. The molecule has 1 N–H and O–H groups in total. The van der Waals surface area contributed by atoms with Crippen LogP contribution in [0.3, 0.4) is 0 Å². The second-order valence-electron chi connectivity index (χ2n) is 2.97. The van der Waals surface area contributed by atoms with Gasteiger partial charge >= 0.3 is 0 Å². The number of hydrogen-bond acceptors (Lipinski definition) is 5. The van der Waals surface area contributed by atoms with Crippen LogP contribution in [0.15, 0.2) is 18.2 Å². The highest BCUT2D eigenvalue weighted by molar-refractivity contribution is 5.73. The van der Waals surface area contributed by atoms with E-state index in [0.717, 1.165) is 0 Å². The Hall–Kier alpha value is -2.18. The molecule has 0 saturated heterocycles. The molecule has 0 unspecified atom stereocenters. The number of nitrogens with zero attached hydrogens (tertiary/aromatic N) is 2. The summed E-state index contributed by atoms with van der Waals surface area (Å²) in [6.07, 6.45) is 0.475. The SMILES string of the molecule is [CH2]CCNc1c([N+](=O)[O-])cccc1[N+](=O)[O-]. The topological polar surface area (TPSA) is 98.3 Å². The fourth-order valence-corrected chi connectivity index (χ4v) is 1.23. The Morgan fingerprint density at radius 2 is 1.69 bits per heavy atom. The number of nitrogens with one attached hydrogen (secondary N) is 1. The lowest BCUT2D eigenvalue weighted by atomic mass is 10.2. The summed E-state index contributed by atoms with van der Waals surface area (Å²) < 4.78 is 0. The Balaban J connectivity index is 3.23. The summed E-state index contributed by atoms with van der Waals surface area (Å²) in [5.41, 5.74) is -0.675. The number of anilines is 1. The minimum Gasteiger partial charge on any atom is -0.374 e. The van der Waals surface area contributed by atoms with Crippen LogP contribution in [0.1, 0.15) is 6.42 Å². The zero-order valence-corrected chi connectivity index (χ0v) is 8.38. The Morgan fingerprint density at radius 3 is 2.06 bits per heavy atom. The third-order valence-electron chi connectivity index (χ3n) is 1.89. The molecule has 0 aliphatic heterocycles. The van der Waals surface area contributed by atoms with Gasteiger partial charge in [0.1, 0.15) is 0 Å². The quantitative estimate of drug-likeness (QED) is 0.610. The van der Waals surface area contributed by atoms with E-state index < -0.39 is 9.85 Å². The molecule has 1 aromatic rings. The van der Waals surface area contributed by atoms with Crippen molar-refractivity contribution in [1.29, 1.82) is 0 Å². The summed E-state index contributed by atoms with van der Waals surface area (Å²) in [7, 11) is 0. The van der Waals surface area contributed by atoms with Crippen molar-refractivity contribution in [2.75, 3.05) is 11.9 Å². The van der Waals surface area contributed by atoms with Crippen molar-refractivity contribution in [2.45, 2.75) is 6.42 Å². The van der Waals surface area contributed by atoms with Crippen LogP contribution in [0.2, 0.25) is 0 Å². The van der Waals surface area contributed by atoms with E-state index in [1.54, 1.807) is 0 Å². The maximum Gasteiger partial charge on any atom is 0.299 e. The first-order valence-electron chi connectivity index (χ1n) is 4.53. The normalized spacial score (nSPS) is 9.81. The fourth-order valence-electron chi connectivity index (χ4n) is 1.23. The van der Waals surface area contributed by atoms with Crippen LogP contribution in [0.4, 0.5) is 17.1 Å². The second-order valence-corrected chi connectivity index (χ2v) is 2.97. The summed E-state index contributed by atoms with van der Waals surface area (Å²) in [6.45, 7) is 3.89. The molecule has 1 aromatic carbocycles. The first kappa shape index (κ1) is 11.9. The molecule has 0 aromatic heterocycles. The number of rotatable bonds is 5. The first-order valence-corrected chi connectivity index (χ1v) is 4.53. The zero-order valence-electron chi connectivity index (χ0n) is 8.38. The third-order valence-corrected chi connectivity index (χ3v) is 1.89. The van der Waals surface area contributed by atoms with Gasteiger partial charge < -0.3 is 5.32 Å². The van der Waals surface area contributed by atoms with Gasteiger partial charge in [-0.05, 0) is 12.5 Å². The van der Waals surface area contributed by atoms with Crippen molar-refractivity contribution in [3.8, 4) is 0 Å². The molecule has 0 atom stereocenters. The molecule has 0 spiro atoms. The molecule has 0 fully saturated rings. The highest BCUT2D eigenvalue weighted by Crippen LogP contribution is 2.33. The van der Waals surface area contributed by atoms with Gasteiger partial charge in [-0.1, -0.05) is 6.92 Å². The minimum atomic E-state index is -0.654. The van der Waals surface area contributed by atoms with E-state index in [0.29, 0.717) is 13.0 Å². The van der Waals surface area contributed by atoms with Crippen LogP contribution in [-0.2, 0) is 0 Å². The summed E-state index contributed by atoms with van der Waals surface area (Å²) in [4.78, 5) is 20.1. The van der Waals surface area contributed by atoms with Gasteiger partial charge in [0, 0.05) is 18.7 Å². The van der Waals surface area contributed by atoms with Crippen LogP contribution < -0.4 is 5.32 Å². The van der Waals surface area contributed by atoms with E-state index in [1.165, 1.54) is 18.2 Å². The molecule has 0 saturated carbocycles. The summed E-state index contributed by atoms with van der Waals surface area (Å²) in [5.74, 6) is 0. The number of hydrogen-bond donors (Lipinski definition) is 1. The van der Waals surface area contributed by atoms with Gasteiger partial charge in [0.15, 0.2) is 5.69 Å². The van der Waals surface area contributed by atoms with Gasteiger partial charge in [-0.3, -0.25) is 20.2 Å². The Kier molecular flexibility index (Phi) is 3.76. The van der Waals surface area contributed by atoms with Crippen LogP contribution in [0.5, 0.6) is 0 Å². The molecule has 7 heteroatoms. The summed E-state index contributed by atoms with van der Waals surface area (Å²) >= 11 is 0. The lowest BCUT2D eigenvalue weighted by Gasteiger charge is -2.05. The number of nitro benzene ring substituents is 2. The van der Waals surface area contributed by atoms with E-state index >= 15 is 0 Å². The Morgan fingerprint density at radius 1 is 1.19 bits per heavy atom. The third kappa shape index (κ3) is 2.44. The molecule has 0 heterocycles. The maximum atomic E-state index is 10.7. The van der Waals surface area contributed by atoms with Gasteiger partial charge in [-0.15, -0.1) is 0 Å². The van der Waals surface area contributed by atoms with Crippen molar-refractivity contribution < 1.29 is 9.85 Å². The first-order chi connectivity index (χ1) is 7.57. The highest BCUT2D eigenvalue weighted by atomic mass is 16.6. The standard InChI is InChI=1S/C9H10N3O4/c1-2-6-10-9-7(11(13)14)4-3-5-8(9)12(15)16/h3-5,10H,1-2,6H2. The molecular formula is C9H10N3O4. The Labute approximate surface area is 91.4 Å². The molecule has 0 bridgehead atoms. The molecule has 1 rings (SSSR count). The number of para-hydroxylation sites is 1. The van der Waals surface area contributed by atoms with E-state index in [2.05, 4.69) is 12.2 Å². The molecule has 16 heavy (non-hydrogen) atoms. The predicted molar refractivity (Wildman–Crippen MR) is 58.2 cm³/mol. The monoisotopic (exact) mass is 224 g/mol. The van der Waals surface area contributed by atoms with E-state index in [-0.39, 0.29) is 17.1 Å². The minimum absolute atomic E-state index is 0.0684. The average molecular weight is 224 g/mol. The molecule has 85 valence electrons. The molecular weight excluding hydrogens is 214 g/mol. The van der Waals surface area contributed by atoms with E-state index in [1.807, 2.05) is 0 Å². The van der Waals surface area contributed by atoms with Gasteiger partial charge in [0.25, 0.3) is 11.4 Å². The average Bonchev–Trinajstić information content (AvgIpc) is 2.25. The van der Waals surface area contributed by atoms with Crippen molar-refractivity contribution in [1.82, 2.24) is 0 Å². The maximum absolute atomic E-state index is 10.7. The molecule has 7 nitrogen and oxygen atoms in total. The lowest BCUT2D eigenvalue weighted by Crippen LogP contribution is -2.06. The highest BCUT2D eigenvalue weighted by Gasteiger charge is 2.23. The Bertz CT molecular complexity index is 387. The van der Waals surface area contributed by atoms with Gasteiger partial charge in [0.05, 0.1) is 9.85 Å². The largest absolute Gasteiger partial charge is 0.374 e. The van der Waals surface area contributed by atoms with Crippen molar-refractivity contribution in [2.24, 2.45) is 0 Å². The molecule has 0 aliphatic carbocycles. The van der Waals surface area contributed by atoms with Crippen LogP contribution in [0.25, 0.3) is 0 Å². The predicted octanol–water partition coefficient (Wildman–Crippen LogP) is 2.14. The zero-order chi connectivity index (χ0) is 12.1. The molecule has 1 radical (unpaired) electrons. The fraction of sp³-hybridized carbons (Fsp3) is 0.222. The summed E-state index contributed by atoms with van der Waals surface area (Å²) in [5, 5.41) is 24.0.